The number of halogens is 1. The van der Waals surface area contributed by atoms with Crippen LogP contribution < -0.4 is 5.32 Å². The van der Waals surface area contributed by atoms with E-state index in [1.165, 1.54) is 13.2 Å². The van der Waals surface area contributed by atoms with Gasteiger partial charge >= 0.3 is 5.97 Å². The number of fused-ring (bicyclic) bond motifs is 3. The first-order valence-electron chi connectivity index (χ1n) is 7.17. The predicted molar refractivity (Wildman–Crippen MR) is 78.8 cm³/mol. The van der Waals surface area contributed by atoms with Gasteiger partial charge in [-0.2, -0.15) is 0 Å². The van der Waals surface area contributed by atoms with E-state index >= 15 is 0 Å². The third-order valence-electron chi connectivity index (χ3n) is 4.34. The second-order valence-electron chi connectivity index (χ2n) is 5.47. The van der Waals surface area contributed by atoms with Crippen molar-refractivity contribution in [3.8, 4) is 0 Å². The van der Waals surface area contributed by atoms with E-state index in [-0.39, 0.29) is 18.2 Å². The molecule has 1 atom stereocenters. The van der Waals surface area contributed by atoms with Crippen molar-refractivity contribution in [1.29, 1.82) is 0 Å². The summed E-state index contributed by atoms with van der Waals surface area (Å²) in [7, 11) is 3.33. The van der Waals surface area contributed by atoms with Gasteiger partial charge in [0.25, 0.3) is 0 Å². The molecular weight excluding hydrogens is 271 g/mol. The maximum atomic E-state index is 13.6. The molecule has 0 bridgehead atoms. The number of esters is 1. The second-order valence-corrected chi connectivity index (χ2v) is 5.47. The molecule has 1 aliphatic heterocycles. The SMILES string of the molecule is CNC1CCc2c(CC(=O)OC)c3ccc(F)cc3n2C1. The smallest absolute Gasteiger partial charge is 0.310 e. The van der Waals surface area contributed by atoms with Crippen LogP contribution in [0.1, 0.15) is 17.7 Å². The Morgan fingerprint density at radius 1 is 1.52 bits per heavy atom. The highest BCUT2D eigenvalue weighted by molar-refractivity contribution is 5.89. The molecule has 1 unspecified atom stereocenters. The molecule has 0 spiro atoms. The molecule has 2 heterocycles. The summed E-state index contributed by atoms with van der Waals surface area (Å²) in [6.45, 7) is 0.799. The van der Waals surface area contributed by atoms with Crippen molar-refractivity contribution >= 4 is 16.9 Å². The lowest BCUT2D eigenvalue weighted by Crippen LogP contribution is -2.35. The summed E-state index contributed by atoms with van der Waals surface area (Å²) in [4.78, 5) is 11.7. The number of rotatable bonds is 3. The van der Waals surface area contributed by atoms with E-state index in [1.807, 2.05) is 7.05 Å². The summed E-state index contributed by atoms with van der Waals surface area (Å²) in [5, 5.41) is 4.23. The molecule has 0 fully saturated rings. The number of likely N-dealkylation sites (N-methyl/N-ethyl adjacent to an activating group) is 1. The van der Waals surface area contributed by atoms with Crippen molar-refractivity contribution in [3.63, 3.8) is 0 Å². The minimum Gasteiger partial charge on any atom is -0.469 e. The molecule has 1 aliphatic rings. The number of aromatic nitrogens is 1. The molecule has 1 aromatic heterocycles. The molecular formula is C16H19FN2O2. The number of ether oxygens (including phenoxy) is 1. The van der Waals surface area contributed by atoms with Crippen LogP contribution in [0.25, 0.3) is 10.9 Å². The zero-order valence-electron chi connectivity index (χ0n) is 12.3. The fourth-order valence-electron chi connectivity index (χ4n) is 3.21. The lowest BCUT2D eigenvalue weighted by atomic mass is 10.0. The van der Waals surface area contributed by atoms with Gasteiger partial charge in [-0.3, -0.25) is 4.79 Å². The van der Waals surface area contributed by atoms with E-state index in [1.54, 1.807) is 12.1 Å². The Morgan fingerprint density at radius 3 is 3.05 bits per heavy atom. The van der Waals surface area contributed by atoms with Gasteiger partial charge in [-0.05, 0) is 43.7 Å². The topological polar surface area (TPSA) is 43.3 Å². The molecule has 1 N–H and O–H groups in total. The molecule has 112 valence electrons. The first kappa shape index (κ1) is 14.1. The number of hydrogen-bond acceptors (Lipinski definition) is 3. The third kappa shape index (κ3) is 2.42. The summed E-state index contributed by atoms with van der Waals surface area (Å²) >= 11 is 0. The minimum atomic E-state index is -0.259. The highest BCUT2D eigenvalue weighted by Gasteiger charge is 2.25. The van der Waals surface area contributed by atoms with Crippen LogP contribution in [0.2, 0.25) is 0 Å². The fraction of sp³-hybridized carbons (Fsp3) is 0.438. The van der Waals surface area contributed by atoms with E-state index in [0.29, 0.717) is 6.04 Å². The van der Waals surface area contributed by atoms with Gasteiger partial charge in [0.1, 0.15) is 5.82 Å². The molecule has 0 aliphatic carbocycles. The second kappa shape index (κ2) is 5.48. The van der Waals surface area contributed by atoms with Crippen molar-refractivity contribution in [2.75, 3.05) is 14.2 Å². The maximum absolute atomic E-state index is 13.6. The molecule has 0 saturated carbocycles. The third-order valence-corrected chi connectivity index (χ3v) is 4.34. The molecule has 2 aromatic rings. The van der Waals surface area contributed by atoms with Crippen LogP contribution in [-0.4, -0.2) is 30.7 Å². The van der Waals surface area contributed by atoms with Crippen LogP contribution >= 0.6 is 0 Å². The molecule has 0 amide bonds. The Bertz CT molecular complexity index is 693. The Labute approximate surface area is 122 Å². The highest BCUT2D eigenvalue weighted by atomic mass is 19.1. The zero-order valence-corrected chi connectivity index (χ0v) is 12.3. The number of nitrogens with one attached hydrogen (secondary N) is 1. The van der Waals surface area contributed by atoms with Crippen LogP contribution in [0.15, 0.2) is 18.2 Å². The number of nitrogens with zero attached hydrogens (tertiary/aromatic N) is 1. The largest absolute Gasteiger partial charge is 0.469 e. The predicted octanol–water partition coefficient (Wildman–Crippen LogP) is 2.03. The summed E-state index contributed by atoms with van der Waals surface area (Å²) < 4.78 is 20.5. The van der Waals surface area contributed by atoms with E-state index in [2.05, 4.69) is 9.88 Å². The minimum absolute atomic E-state index is 0.241. The van der Waals surface area contributed by atoms with Gasteiger partial charge in [0.2, 0.25) is 0 Å². The van der Waals surface area contributed by atoms with Gasteiger partial charge in [-0.25, -0.2) is 4.39 Å². The van der Waals surface area contributed by atoms with Gasteiger partial charge in [0.15, 0.2) is 0 Å². The van der Waals surface area contributed by atoms with Crippen molar-refractivity contribution in [1.82, 2.24) is 9.88 Å². The van der Waals surface area contributed by atoms with Crippen LogP contribution in [0, 0.1) is 5.82 Å². The Kier molecular flexibility index (Phi) is 3.68. The highest BCUT2D eigenvalue weighted by Crippen LogP contribution is 2.31. The monoisotopic (exact) mass is 290 g/mol. The quantitative estimate of drug-likeness (QED) is 0.880. The maximum Gasteiger partial charge on any atom is 0.310 e. The van der Waals surface area contributed by atoms with E-state index in [0.717, 1.165) is 41.5 Å². The van der Waals surface area contributed by atoms with Crippen LogP contribution in [0.4, 0.5) is 4.39 Å². The number of carbonyl (C=O) groups is 1. The van der Waals surface area contributed by atoms with Crippen LogP contribution in [-0.2, 0) is 28.9 Å². The van der Waals surface area contributed by atoms with Crippen LogP contribution in [0.5, 0.6) is 0 Å². The first-order valence-corrected chi connectivity index (χ1v) is 7.17. The summed E-state index contributed by atoms with van der Waals surface area (Å²) in [5.41, 5.74) is 2.97. The van der Waals surface area contributed by atoms with Crippen molar-refractivity contribution in [3.05, 3.63) is 35.3 Å². The van der Waals surface area contributed by atoms with E-state index in [4.69, 9.17) is 4.74 Å². The molecule has 0 radical (unpaired) electrons. The standard InChI is InChI=1S/C16H19FN2O2/c1-18-11-4-6-14-13(8-16(20)21-2)12-5-3-10(17)7-15(12)19(14)9-11/h3,5,7,11,18H,4,6,8-9H2,1-2H3. The average Bonchev–Trinajstić information content (AvgIpc) is 2.80. The first-order chi connectivity index (χ1) is 10.1. The van der Waals surface area contributed by atoms with E-state index < -0.39 is 0 Å². The van der Waals surface area contributed by atoms with Gasteiger partial charge in [-0.1, -0.05) is 0 Å². The summed E-state index contributed by atoms with van der Waals surface area (Å²) in [5.74, 6) is -0.510. The van der Waals surface area contributed by atoms with Gasteiger partial charge in [0, 0.05) is 23.7 Å². The lowest BCUT2D eigenvalue weighted by molar-refractivity contribution is -0.139. The lowest BCUT2D eigenvalue weighted by Gasteiger charge is -2.25. The molecule has 3 rings (SSSR count). The molecule has 5 heteroatoms. The Balaban J connectivity index is 2.16. The van der Waals surface area contributed by atoms with Crippen molar-refractivity contribution < 1.29 is 13.9 Å². The molecule has 4 nitrogen and oxygen atoms in total. The number of carbonyl (C=O) groups excluding carboxylic acids is 1. The number of methoxy groups -OCH3 is 1. The fourth-order valence-corrected chi connectivity index (χ4v) is 3.21. The number of benzene rings is 1. The zero-order chi connectivity index (χ0) is 15.0. The number of hydrogen-bond donors (Lipinski definition) is 1. The normalized spacial score (nSPS) is 17.8. The molecule has 21 heavy (non-hydrogen) atoms. The molecule has 1 aromatic carbocycles. The van der Waals surface area contributed by atoms with Gasteiger partial charge in [0.05, 0.1) is 19.0 Å². The Morgan fingerprint density at radius 2 is 2.33 bits per heavy atom. The van der Waals surface area contributed by atoms with Gasteiger partial charge in [-0.15, -0.1) is 0 Å². The average molecular weight is 290 g/mol. The van der Waals surface area contributed by atoms with Crippen LogP contribution in [0.3, 0.4) is 0 Å². The summed E-state index contributed by atoms with van der Waals surface area (Å²) in [6, 6.07) is 5.15. The Hall–Kier alpha value is -1.88. The van der Waals surface area contributed by atoms with Gasteiger partial charge < -0.3 is 14.6 Å². The van der Waals surface area contributed by atoms with Crippen molar-refractivity contribution in [2.24, 2.45) is 0 Å². The van der Waals surface area contributed by atoms with Crippen molar-refractivity contribution in [2.45, 2.75) is 31.8 Å². The molecule has 0 saturated heterocycles. The van der Waals surface area contributed by atoms with E-state index in [9.17, 15) is 9.18 Å². The summed E-state index contributed by atoms with van der Waals surface area (Å²) in [6.07, 6.45) is 2.14.